The molecule has 1 fully saturated rings. The highest BCUT2D eigenvalue weighted by Gasteiger charge is 2.29. The maximum absolute atomic E-state index is 11.6. The second-order valence-electron chi connectivity index (χ2n) is 4.82. The first-order chi connectivity index (χ1) is 11.7. The van der Waals surface area contributed by atoms with E-state index in [0.717, 1.165) is 5.69 Å². The summed E-state index contributed by atoms with van der Waals surface area (Å²) in [7, 11) is -0.750. The molecule has 7 nitrogen and oxygen atoms in total. The number of carbonyl (C=O) groups excluding carboxylic acids is 2. The molecule has 1 aliphatic rings. The van der Waals surface area contributed by atoms with Gasteiger partial charge in [0.1, 0.15) is 0 Å². The minimum absolute atomic E-state index is 0.154. The van der Waals surface area contributed by atoms with Gasteiger partial charge in [0.2, 0.25) is 11.8 Å². The molecule has 0 spiro atoms. The van der Waals surface area contributed by atoms with Gasteiger partial charge in [-0.1, -0.05) is 18.2 Å². The van der Waals surface area contributed by atoms with Gasteiger partial charge in [-0.05, 0) is 36.4 Å². The van der Waals surface area contributed by atoms with Crippen molar-refractivity contribution in [3.63, 3.8) is 0 Å². The molecule has 2 N–H and O–H groups in total. The van der Waals surface area contributed by atoms with Crippen LogP contribution in [0.4, 0.5) is 17.1 Å². The van der Waals surface area contributed by atoms with E-state index in [2.05, 4.69) is 10.2 Å². The number of azo groups is 1. The summed E-state index contributed by atoms with van der Waals surface area (Å²) < 4.78 is 0. The molecule has 0 saturated carbocycles. The van der Waals surface area contributed by atoms with Gasteiger partial charge < -0.3 is 10.0 Å². The van der Waals surface area contributed by atoms with Gasteiger partial charge in [0.15, 0.2) is 0 Å². The number of nitrogens with zero attached hydrogens (tertiary/aromatic N) is 3. The molecule has 2 amide bonds. The summed E-state index contributed by atoms with van der Waals surface area (Å²) in [6, 6.07) is 16.3. The summed E-state index contributed by atoms with van der Waals surface area (Å²) >= 11 is 0. The third kappa shape index (κ3) is 4.58. The number of anilines is 1. The van der Waals surface area contributed by atoms with Crippen LogP contribution < -0.4 is 4.90 Å². The first-order valence-electron chi connectivity index (χ1n) is 7.30. The summed E-state index contributed by atoms with van der Waals surface area (Å²) in [5, 5.41) is 22.5. The Morgan fingerprint density at radius 3 is 1.75 bits per heavy atom. The van der Waals surface area contributed by atoms with Gasteiger partial charge in [-0.2, -0.15) is 10.2 Å². The Kier molecular flexibility index (Phi) is 6.36. The highest BCUT2D eigenvalue weighted by Crippen LogP contribution is 2.25. The van der Waals surface area contributed by atoms with Crippen LogP contribution in [0.3, 0.4) is 0 Å². The second kappa shape index (κ2) is 8.71. The van der Waals surface area contributed by atoms with Crippen molar-refractivity contribution in [3.05, 3.63) is 54.6 Å². The van der Waals surface area contributed by atoms with Gasteiger partial charge in [0.05, 0.1) is 17.1 Å². The van der Waals surface area contributed by atoms with Crippen LogP contribution in [0.15, 0.2) is 64.8 Å². The number of benzene rings is 2. The maximum Gasteiger partial charge on any atom is 0.432 e. The van der Waals surface area contributed by atoms with Gasteiger partial charge in [-0.15, -0.1) is 0 Å². The molecule has 122 valence electrons. The minimum atomic E-state index is -0.750. The van der Waals surface area contributed by atoms with E-state index in [-0.39, 0.29) is 24.7 Å². The zero-order valence-corrected chi connectivity index (χ0v) is 12.9. The summed E-state index contributed by atoms with van der Waals surface area (Å²) in [6.45, 7) is 0. The molecular weight excluding hydrogens is 309 g/mol. The highest BCUT2D eigenvalue weighted by molar-refractivity contribution is 6.19. The van der Waals surface area contributed by atoms with Crippen molar-refractivity contribution in [2.45, 2.75) is 12.8 Å². The smallest absolute Gasteiger partial charge is 0.430 e. The molecule has 2 aromatic carbocycles. The van der Waals surface area contributed by atoms with Crippen molar-refractivity contribution in [3.8, 4) is 0 Å². The number of rotatable bonds is 3. The highest BCUT2D eigenvalue weighted by atomic mass is 16.4. The monoisotopic (exact) mass is 325 g/mol. The van der Waals surface area contributed by atoms with Crippen LogP contribution in [0.1, 0.15) is 12.8 Å². The molecule has 0 radical (unpaired) electrons. The number of amides is 2. The Hall–Kier alpha value is -2.84. The predicted molar refractivity (Wildman–Crippen MR) is 90.4 cm³/mol. The summed E-state index contributed by atoms with van der Waals surface area (Å²) in [5.41, 5.74) is 2.02. The summed E-state index contributed by atoms with van der Waals surface area (Å²) in [6.07, 6.45) is 0.572. The molecular formula is C16H16BN3O4. The number of hydrogen-bond acceptors (Lipinski definition) is 6. The Labute approximate surface area is 139 Å². The topological polar surface area (TPSA) is 103 Å². The normalized spacial score (nSPS) is 13.8. The average molecular weight is 325 g/mol. The molecule has 0 aromatic heterocycles. The minimum Gasteiger partial charge on any atom is -0.430 e. The van der Waals surface area contributed by atoms with Crippen LogP contribution in [-0.2, 0) is 9.59 Å². The van der Waals surface area contributed by atoms with E-state index in [1.807, 2.05) is 30.3 Å². The molecule has 0 unspecified atom stereocenters. The fourth-order valence-corrected chi connectivity index (χ4v) is 2.14. The van der Waals surface area contributed by atoms with Crippen molar-refractivity contribution in [2.75, 3.05) is 4.90 Å². The maximum atomic E-state index is 11.6. The lowest BCUT2D eigenvalue weighted by Crippen LogP contribution is -2.28. The van der Waals surface area contributed by atoms with Crippen LogP contribution in [-0.4, -0.2) is 29.5 Å². The zero-order valence-electron chi connectivity index (χ0n) is 12.9. The lowest BCUT2D eigenvalue weighted by Gasteiger charge is -2.13. The first-order valence-corrected chi connectivity index (χ1v) is 7.30. The van der Waals surface area contributed by atoms with Gasteiger partial charge in [-0.3, -0.25) is 14.5 Å². The van der Waals surface area contributed by atoms with Crippen molar-refractivity contribution < 1.29 is 19.6 Å². The molecule has 0 aliphatic carbocycles. The number of carbonyl (C=O) groups is 2. The van der Waals surface area contributed by atoms with Crippen LogP contribution >= 0.6 is 0 Å². The first kappa shape index (κ1) is 17.5. The SMILES string of the molecule is O=C1CCC(=O)N1c1ccc(N=Nc2ccccc2)cc1.OBO. The average Bonchev–Trinajstić information content (AvgIpc) is 2.94. The Morgan fingerprint density at radius 1 is 0.792 bits per heavy atom. The number of imide groups is 1. The van der Waals surface area contributed by atoms with E-state index in [0.29, 0.717) is 11.4 Å². The molecule has 0 bridgehead atoms. The molecule has 1 aliphatic heterocycles. The molecule has 1 saturated heterocycles. The van der Waals surface area contributed by atoms with Gasteiger partial charge in [0, 0.05) is 12.8 Å². The van der Waals surface area contributed by atoms with Crippen LogP contribution in [0, 0.1) is 0 Å². The predicted octanol–water partition coefficient (Wildman–Crippen LogP) is 1.99. The van der Waals surface area contributed by atoms with Crippen molar-refractivity contribution >= 4 is 36.6 Å². The molecule has 3 rings (SSSR count). The van der Waals surface area contributed by atoms with Crippen LogP contribution in [0.25, 0.3) is 0 Å². The van der Waals surface area contributed by atoms with Crippen LogP contribution in [0.2, 0.25) is 0 Å². The van der Waals surface area contributed by atoms with E-state index < -0.39 is 7.69 Å². The van der Waals surface area contributed by atoms with Gasteiger partial charge in [0.25, 0.3) is 0 Å². The zero-order chi connectivity index (χ0) is 17.4. The van der Waals surface area contributed by atoms with Crippen molar-refractivity contribution in [1.29, 1.82) is 0 Å². The van der Waals surface area contributed by atoms with Crippen molar-refractivity contribution in [1.82, 2.24) is 0 Å². The quantitative estimate of drug-likeness (QED) is 0.512. The van der Waals surface area contributed by atoms with E-state index in [1.165, 1.54) is 4.90 Å². The summed E-state index contributed by atoms with van der Waals surface area (Å²) in [5.74, 6) is -0.308. The fraction of sp³-hybridized carbons (Fsp3) is 0.125. The van der Waals surface area contributed by atoms with E-state index in [9.17, 15) is 9.59 Å². The molecule has 2 aromatic rings. The summed E-state index contributed by atoms with van der Waals surface area (Å²) in [4.78, 5) is 24.5. The lowest BCUT2D eigenvalue weighted by atomic mass is 10.2. The third-order valence-corrected chi connectivity index (χ3v) is 3.20. The van der Waals surface area contributed by atoms with E-state index >= 15 is 0 Å². The van der Waals surface area contributed by atoms with Gasteiger partial charge in [-0.25, -0.2) is 0 Å². The third-order valence-electron chi connectivity index (χ3n) is 3.20. The Bertz CT molecular complexity index is 704. The molecule has 0 atom stereocenters. The largest absolute Gasteiger partial charge is 0.432 e. The Balaban J connectivity index is 0.000000647. The molecule has 24 heavy (non-hydrogen) atoms. The van der Waals surface area contributed by atoms with E-state index in [4.69, 9.17) is 10.0 Å². The fourth-order valence-electron chi connectivity index (χ4n) is 2.14. The Morgan fingerprint density at radius 2 is 1.25 bits per heavy atom. The molecule has 1 heterocycles. The standard InChI is InChI=1S/C16H13N3O2.BH3O2/c20-15-10-11-16(21)19(15)14-8-6-13(7-9-14)18-17-12-4-2-1-3-5-12;2-1-3/h1-9H,10-11H2;1-3H. The number of hydrogen-bond donors (Lipinski definition) is 2. The molecule has 8 heteroatoms. The lowest BCUT2D eigenvalue weighted by molar-refractivity contribution is -0.121. The van der Waals surface area contributed by atoms with Crippen molar-refractivity contribution in [2.24, 2.45) is 10.2 Å². The second-order valence-corrected chi connectivity index (χ2v) is 4.82. The van der Waals surface area contributed by atoms with Gasteiger partial charge >= 0.3 is 7.69 Å². The van der Waals surface area contributed by atoms with Crippen LogP contribution in [0.5, 0.6) is 0 Å². The van der Waals surface area contributed by atoms with E-state index in [1.54, 1.807) is 24.3 Å².